The van der Waals surface area contributed by atoms with Crippen molar-refractivity contribution in [3.8, 4) is 0 Å². The predicted octanol–water partition coefficient (Wildman–Crippen LogP) is 2.57. The van der Waals surface area contributed by atoms with E-state index in [0.717, 1.165) is 10.9 Å². The molecule has 0 aromatic heterocycles. The normalized spacial score (nSPS) is 23.7. The molecule has 9 heteroatoms. The smallest absolute Gasteiger partial charge is 0.281 e. The molecule has 2 heterocycles. The minimum atomic E-state index is -0.746. The number of guanidine groups is 1. The topological polar surface area (TPSA) is 88.3 Å². The monoisotopic (exact) mass is 424 g/mol. The molecule has 8 nitrogen and oxygen atoms in total. The summed E-state index contributed by atoms with van der Waals surface area (Å²) in [7, 11) is 0. The highest BCUT2D eigenvalue weighted by Gasteiger charge is 2.39. The van der Waals surface area contributed by atoms with E-state index in [0.29, 0.717) is 31.8 Å². The number of rotatable bonds is 4. The van der Waals surface area contributed by atoms with Gasteiger partial charge in [0.05, 0.1) is 12.2 Å². The maximum Gasteiger partial charge on any atom is 0.281 e. The van der Waals surface area contributed by atoms with Crippen molar-refractivity contribution in [2.75, 3.05) is 26.2 Å². The summed E-state index contributed by atoms with van der Waals surface area (Å²) in [6.45, 7) is 6.14. The number of nitrogens with zero attached hydrogens (tertiary/aromatic N) is 4. The van der Waals surface area contributed by atoms with Crippen molar-refractivity contribution in [1.29, 1.82) is 0 Å². The molecule has 26 heavy (non-hydrogen) atoms. The SMILES string of the molecule is CC1(C)CC(CN2CCN(C(=O)c3cccc(Br)c3)C2=N[N+](=O)[O-])CO1. The Morgan fingerprint density at radius 3 is 2.85 bits per heavy atom. The van der Waals surface area contributed by atoms with Crippen LogP contribution in [0.15, 0.2) is 33.8 Å². The molecule has 1 aromatic carbocycles. The van der Waals surface area contributed by atoms with Gasteiger partial charge in [-0.1, -0.05) is 22.0 Å². The predicted molar refractivity (Wildman–Crippen MR) is 99.3 cm³/mol. The van der Waals surface area contributed by atoms with Crippen LogP contribution in [0.4, 0.5) is 0 Å². The summed E-state index contributed by atoms with van der Waals surface area (Å²) in [4.78, 5) is 27.0. The number of carbonyl (C=O) groups is 1. The van der Waals surface area contributed by atoms with Crippen molar-refractivity contribution in [2.45, 2.75) is 25.9 Å². The molecule has 140 valence electrons. The van der Waals surface area contributed by atoms with Crippen molar-refractivity contribution in [3.63, 3.8) is 0 Å². The van der Waals surface area contributed by atoms with Crippen molar-refractivity contribution < 1.29 is 14.6 Å². The van der Waals surface area contributed by atoms with Crippen LogP contribution in [0.5, 0.6) is 0 Å². The highest BCUT2D eigenvalue weighted by atomic mass is 79.9. The van der Waals surface area contributed by atoms with Gasteiger partial charge in [-0.3, -0.25) is 9.69 Å². The first-order valence-corrected chi connectivity index (χ1v) is 9.24. The molecule has 2 saturated heterocycles. The number of hydrogen-bond acceptors (Lipinski definition) is 4. The fourth-order valence-corrected chi connectivity index (χ4v) is 3.91. The summed E-state index contributed by atoms with van der Waals surface area (Å²) in [5.74, 6) is 0.0601. The number of ether oxygens (including phenoxy) is 1. The van der Waals surface area contributed by atoms with Crippen LogP contribution >= 0.6 is 15.9 Å². The Morgan fingerprint density at radius 2 is 2.23 bits per heavy atom. The summed E-state index contributed by atoms with van der Waals surface area (Å²) in [6.07, 6.45) is 0.870. The summed E-state index contributed by atoms with van der Waals surface area (Å²) >= 11 is 3.34. The van der Waals surface area contributed by atoms with Gasteiger partial charge < -0.3 is 9.64 Å². The van der Waals surface area contributed by atoms with E-state index in [-0.39, 0.29) is 23.4 Å². The first-order chi connectivity index (χ1) is 12.2. The summed E-state index contributed by atoms with van der Waals surface area (Å²) in [5.41, 5.74) is 0.277. The maximum absolute atomic E-state index is 12.8. The lowest BCUT2D eigenvalue weighted by Gasteiger charge is -2.22. The lowest BCUT2D eigenvalue weighted by Crippen LogP contribution is -2.40. The fraction of sp³-hybridized carbons (Fsp3) is 0.529. The van der Waals surface area contributed by atoms with Crippen LogP contribution in [-0.4, -0.2) is 58.5 Å². The molecule has 1 atom stereocenters. The number of hydrazone groups is 1. The van der Waals surface area contributed by atoms with Gasteiger partial charge in [0.15, 0.2) is 5.03 Å². The third-order valence-electron chi connectivity index (χ3n) is 4.57. The van der Waals surface area contributed by atoms with Gasteiger partial charge in [-0.25, -0.2) is 10.1 Å². The van der Waals surface area contributed by atoms with Gasteiger partial charge >= 0.3 is 0 Å². The van der Waals surface area contributed by atoms with E-state index in [1.54, 1.807) is 18.2 Å². The Bertz CT molecular complexity index is 752. The van der Waals surface area contributed by atoms with Crippen LogP contribution in [0, 0.1) is 16.0 Å². The van der Waals surface area contributed by atoms with Crippen LogP contribution in [0.3, 0.4) is 0 Å². The summed E-state index contributed by atoms with van der Waals surface area (Å²) < 4.78 is 6.53. The van der Waals surface area contributed by atoms with Crippen LogP contribution < -0.4 is 0 Å². The molecule has 1 aromatic rings. The standard InChI is InChI=1S/C17H21BrN4O4/c1-17(2)9-12(11-26-17)10-20-6-7-21(16(20)19-22(24)25)15(23)13-4-3-5-14(18)8-13/h3-5,8,12H,6-7,9-11H2,1-2H3. The van der Waals surface area contributed by atoms with Crippen molar-refractivity contribution in [1.82, 2.24) is 9.80 Å². The Balaban J connectivity index is 1.79. The number of amides is 1. The van der Waals surface area contributed by atoms with Crippen LogP contribution in [0.2, 0.25) is 0 Å². The lowest BCUT2D eigenvalue weighted by atomic mass is 9.97. The van der Waals surface area contributed by atoms with Gasteiger partial charge in [0.25, 0.3) is 11.9 Å². The largest absolute Gasteiger partial charge is 0.375 e. The van der Waals surface area contributed by atoms with E-state index < -0.39 is 5.03 Å². The number of halogens is 1. The second-order valence-electron chi connectivity index (χ2n) is 7.19. The zero-order valence-corrected chi connectivity index (χ0v) is 16.3. The summed E-state index contributed by atoms with van der Waals surface area (Å²) in [6, 6.07) is 6.96. The Hall–Kier alpha value is -2.00. The molecule has 0 aliphatic carbocycles. The third kappa shape index (κ3) is 4.21. The van der Waals surface area contributed by atoms with E-state index in [4.69, 9.17) is 4.74 Å². The van der Waals surface area contributed by atoms with Gasteiger partial charge in [-0.05, 0) is 38.5 Å². The molecular weight excluding hydrogens is 404 g/mol. The van der Waals surface area contributed by atoms with Crippen molar-refractivity contribution in [2.24, 2.45) is 11.0 Å². The first-order valence-electron chi connectivity index (χ1n) is 8.44. The van der Waals surface area contributed by atoms with E-state index in [9.17, 15) is 14.9 Å². The number of hydrogen-bond donors (Lipinski definition) is 0. The van der Waals surface area contributed by atoms with Crippen molar-refractivity contribution >= 4 is 27.8 Å². The Kier molecular flexibility index (Phi) is 5.29. The Morgan fingerprint density at radius 1 is 1.46 bits per heavy atom. The first kappa shape index (κ1) is 18.8. The number of nitro groups is 1. The molecule has 3 rings (SSSR count). The quantitative estimate of drug-likeness (QED) is 0.547. The zero-order valence-electron chi connectivity index (χ0n) is 14.7. The molecule has 1 amide bonds. The second kappa shape index (κ2) is 7.32. The molecule has 2 fully saturated rings. The van der Waals surface area contributed by atoms with Gasteiger partial charge in [0, 0.05) is 35.6 Å². The van der Waals surface area contributed by atoms with Crippen molar-refractivity contribution in [3.05, 3.63) is 44.4 Å². The number of carbonyl (C=O) groups excluding carboxylic acids is 1. The van der Waals surface area contributed by atoms with Crippen LogP contribution in [-0.2, 0) is 4.74 Å². The minimum absolute atomic E-state index is 0.102. The second-order valence-corrected chi connectivity index (χ2v) is 8.11. The van der Waals surface area contributed by atoms with Gasteiger partial charge in [0.1, 0.15) is 5.10 Å². The molecule has 0 saturated carbocycles. The van der Waals surface area contributed by atoms with Gasteiger partial charge in [0.2, 0.25) is 0 Å². The number of benzene rings is 1. The molecular formula is C17H21BrN4O4. The maximum atomic E-state index is 12.8. The molecule has 0 N–H and O–H groups in total. The van der Waals surface area contributed by atoms with Crippen LogP contribution in [0.1, 0.15) is 30.6 Å². The van der Waals surface area contributed by atoms with E-state index in [1.165, 1.54) is 4.90 Å². The van der Waals surface area contributed by atoms with Crippen LogP contribution in [0.25, 0.3) is 0 Å². The average Bonchev–Trinajstić information content (AvgIpc) is 3.10. The molecule has 0 bridgehead atoms. The molecule has 1 unspecified atom stereocenters. The highest BCUT2D eigenvalue weighted by molar-refractivity contribution is 9.10. The van der Waals surface area contributed by atoms with Gasteiger partial charge in [-0.2, -0.15) is 0 Å². The zero-order chi connectivity index (χ0) is 18.9. The summed E-state index contributed by atoms with van der Waals surface area (Å²) in [5, 5.41) is 13.8. The average molecular weight is 425 g/mol. The van der Waals surface area contributed by atoms with E-state index in [1.807, 2.05) is 24.8 Å². The Labute approximate surface area is 160 Å². The van der Waals surface area contributed by atoms with E-state index >= 15 is 0 Å². The van der Waals surface area contributed by atoms with E-state index in [2.05, 4.69) is 21.0 Å². The fourth-order valence-electron chi connectivity index (χ4n) is 3.51. The molecule has 0 spiro atoms. The molecule has 0 radical (unpaired) electrons. The van der Waals surface area contributed by atoms with Gasteiger partial charge in [-0.15, -0.1) is 0 Å². The lowest BCUT2D eigenvalue weighted by molar-refractivity contribution is -0.486. The highest BCUT2D eigenvalue weighted by Crippen LogP contribution is 2.30. The molecule has 2 aliphatic heterocycles. The minimum Gasteiger partial charge on any atom is -0.375 e. The molecule has 2 aliphatic rings. The third-order valence-corrected chi connectivity index (χ3v) is 5.07.